The van der Waals surface area contributed by atoms with Crippen LogP contribution in [0.15, 0.2) is 200 Å². The zero-order valence-electron chi connectivity index (χ0n) is 28.4. The highest BCUT2D eigenvalue weighted by Gasteiger charge is 2.17. The predicted octanol–water partition coefficient (Wildman–Crippen LogP) is 14.8. The molecule has 0 radical (unpaired) electrons. The monoisotopic (exact) mass is 679 g/mol. The van der Waals surface area contributed by atoms with Gasteiger partial charge in [0.15, 0.2) is 0 Å². The zero-order chi connectivity index (χ0) is 34.4. The van der Waals surface area contributed by atoms with E-state index < -0.39 is 0 Å². The average Bonchev–Trinajstić information content (AvgIpc) is 3.59. The number of hydrogen-bond donors (Lipinski definition) is 0. The Kier molecular flexibility index (Phi) is 7.41. The molecule has 0 unspecified atom stereocenters. The summed E-state index contributed by atoms with van der Waals surface area (Å²) in [4.78, 5) is 2.39. The van der Waals surface area contributed by atoms with Crippen molar-refractivity contribution in [3.63, 3.8) is 0 Å². The summed E-state index contributed by atoms with van der Waals surface area (Å²) in [5.41, 5.74) is 10.7. The first-order chi connectivity index (χ1) is 25.8. The van der Waals surface area contributed by atoms with Crippen LogP contribution in [0, 0.1) is 0 Å². The second-order valence-corrected chi connectivity index (χ2v) is 14.4. The number of fused-ring (bicyclic) bond motifs is 5. The highest BCUT2D eigenvalue weighted by molar-refractivity contribution is 7.25. The molecule has 9 aromatic carbocycles. The summed E-state index contributed by atoms with van der Waals surface area (Å²) in [6.45, 7) is 0. The SMILES string of the molecule is c1ccc(-c2cccc(N(c3ccc(-c4cccc5c(-c6cccc7ccccc67)cccc45)cc3)c3ccc4sc5ccccc5c4c3)c2)cc1. The van der Waals surface area contributed by atoms with Gasteiger partial charge in [-0.3, -0.25) is 0 Å². The van der Waals surface area contributed by atoms with E-state index >= 15 is 0 Å². The van der Waals surface area contributed by atoms with Crippen LogP contribution >= 0.6 is 11.3 Å². The minimum atomic E-state index is 1.12. The Hall–Kier alpha value is -6.48. The van der Waals surface area contributed by atoms with Gasteiger partial charge in [0.05, 0.1) is 0 Å². The molecule has 0 aliphatic rings. The van der Waals surface area contributed by atoms with E-state index in [2.05, 4.69) is 205 Å². The molecule has 10 rings (SSSR count). The maximum atomic E-state index is 2.39. The first-order valence-corrected chi connectivity index (χ1v) is 18.6. The molecule has 52 heavy (non-hydrogen) atoms. The van der Waals surface area contributed by atoms with Gasteiger partial charge in [0.25, 0.3) is 0 Å². The van der Waals surface area contributed by atoms with Gasteiger partial charge in [-0.2, -0.15) is 0 Å². The summed E-state index contributed by atoms with van der Waals surface area (Å²) in [6.07, 6.45) is 0. The first-order valence-electron chi connectivity index (χ1n) is 17.8. The Labute approximate surface area is 307 Å². The molecule has 0 fully saturated rings. The van der Waals surface area contributed by atoms with Gasteiger partial charge in [0.2, 0.25) is 0 Å². The van der Waals surface area contributed by atoms with Crippen LogP contribution in [0.3, 0.4) is 0 Å². The smallest absolute Gasteiger partial charge is 0.0468 e. The van der Waals surface area contributed by atoms with Crippen LogP contribution in [0.5, 0.6) is 0 Å². The van der Waals surface area contributed by atoms with Crippen molar-refractivity contribution in [1.82, 2.24) is 0 Å². The standard InChI is InChI=1S/C50H33NS/c1-2-12-34(13-3-1)37-16-8-17-39(32-37)51(40-30-31-50-48(33-40)47-19-6-7-25-49(47)52-50)38-28-26-36(27-29-38)42-20-10-23-45-44(42)22-11-24-46(45)43-21-9-15-35-14-4-5-18-41(35)43/h1-33H. The molecule has 0 spiro atoms. The Morgan fingerprint density at radius 3 is 1.69 bits per heavy atom. The van der Waals surface area contributed by atoms with Gasteiger partial charge in [0, 0.05) is 37.2 Å². The van der Waals surface area contributed by atoms with Crippen LogP contribution < -0.4 is 4.90 Å². The zero-order valence-corrected chi connectivity index (χ0v) is 29.2. The fourth-order valence-electron chi connectivity index (χ4n) is 7.80. The van der Waals surface area contributed by atoms with Gasteiger partial charge < -0.3 is 4.90 Å². The highest BCUT2D eigenvalue weighted by Crippen LogP contribution is 2.43. The van der Waals surface area contributed by atoms with Crippen LogP contribution in [0.25, 0.3) is 75.1 Å². The third-order valence-electron chi connectivity index (χ3n) is 10.3. The Morgan fingerprint density at radius 2 is 0.846 bits per heavy atom. The van der Waals surface area contributed by atoms with Crippen LogP contribution in [0.1, 0.15) is 0 Å². The Bertz CT molecular complexity index is 2900. The van der Waals surface area contributed by atoms with Crippen molar-refractivity contribution in [2.75, 3.05) is 4.90 Å². The fraction of sp³-hybridized carbons (Fsp3) is 0. The largest absolute Gasteiger partial charge is 0.310 e. The minimum absolute atomic E-state index is 1.12. The molecular weight excluding hydrogens is 647 g/mol. The van der Waals surface area contributed by atoms with Gasteiger partial charge in [-0.25, -0.2) is 0 Å². The first kappa shape index (κ1) is 30.4. The molecule has 0 N–H and O–H groups in total. The molecule has 0 aliphatic carbocycles. The number of anilines is 3. The summed E-state index contributed by atoms with van der Waals surface area (Å²) in [5, 5.41) is 7.64. The summed E-state index contributed by atoms with van der Waals surface area (Å²) in [5.74, 6) is 0. The quantitative estimate of drug-likeness (QED) is 0.169. The molecule has 0 atom stereocenters. The molecule has 1 aromatic heterocycles. The molecular formula is C50H33NS. The van der Waals surface area contributed by atoms with Crippen molar-refractivity contribution in [1.29, 1.82) is 0 Å². The molecule has 1 nitrogen and oxygen atoms in total. The van der Waals surface area contributed by atoms with E-state index in [4.69, 9.17) is 0 Å². The van der Waals surface area contributed by atoms with Crippen molar-refractivity contribution >= 4 is 70.1 Å². The predicted molar refractivity (Wildman–Crippen MR) is 225 cm³/mol. The fourth-order valence-corrected chi connectivity index (χ4v) is 8.89. The van der Waals surface area contributed by atoms with Crippen LogP contribution in [-0.4, -0.2) is 0 Å². The minimum Gasteiger partial charge on any atom is -0.310 e. The van der Waals surface area contributed by atoms with Crippen molar-refractivity contribution in [2.45, 2.75) is 0 Å². The van der Waals surface area contributed by atoms with E-state index in [0.717, 1.165) is 17.1 Å². The summed E-state index contributed by atoms with van der Waals surface area (Å²) in [6, 6.07) is 72.9. The molecule has 0 saturated heterocycles. The van der Waals surface area contributed by atoms with E-state index in [1.54, 1.807) is 0 Å². The number of nitrogens with zero attached hydrogens (tertiary/aromatic N) is 1. The summed E-state index contributed by atoms with van der Waals surface area (Å²) >= 11 is 1.86. The molecule has 1 heterocycles. The van der Waals surface area contributed by atoms with E-state index in [1.807, 2.05) is 11.3 Å². The van der Waals surface area contributed by atoms with Gasteiger partial charge >= 0.3 is 0 Å². The van der Waals surface area contributed by atoms with E-state index in [1.165, 1.54) is 75.1 Å². The molecule has 244 valence electrons. The second kappa shape index (κ2) is 12.7. The van der Waals surface area contributed by atoms with Crippen LogP contribution in [0.2, 0.25) is 0 Å². The summed E-state index contributed by atoms with van der Waals surface area (Å²) < 4.78 is 2.62. The third-order valence-corrected chi connectivity index (χ3v) is 11.4. The van der Waals surface area contributed by atoms with E-state index in [9.17, 15) is 0 Å². The van der Waals surface area contributed by atoms with Gasteiger partial charge in [-0.15, -0.1) is 11.3 Å². The second-order valence-electron chi connectivity index (χ2n) is 13.3. The lowest BCUT2D eigenvalue weighted by Gasteiger charge is -2.26. The van der Waals surface area contributed by atoms with E-state index in [0.29, 0.717) is 0 Å². The average molecular weight is 680 g/mol. The maximum Gasteiger partial charge on any atom is 0.0468 e. The molecule has 0 bridgehead atoms. The topological polar surface area (TPSA) is 3.24 Å². The van der Waals surface area contributed by atoms with Crippen molar-refractivity contribution < 1.29 is 0 Å². The van der Waals surface area contributed by atoms with Crippen molar-refractivity contribution in [3.8, 4) is 33.4 Å². The number of thiophene rings is 1. The maximum absolute atomic E-state index is 2.39. The number of hydrogen-bond acceptors (Lipinski definition) is 2. The molecule has 0 aliphatic heterocycles. The van der Waals surface area contributed by atoms with Crippen LogP contribution in [0.4, 0.5) is 17.1 Å². The number of benzene rings is 9. The van der Waals surface area contributed by atoms with E-state index in [-0.39, 0.29) is 0 Å². The van der Waals surface area contributed by atoms with Crippen molar-refractivity contribution in [3.05, 3.63) is 200 Å². The lowest BCUT2D eigenvalue weighted by Crippen LogP contribution is -2.10. The highest BCUT2D eigenvalue weighted by atomic mass is 32.1. The van der Waals surface area contributed by atoms with Gasteiger partial charge in [-0.05, 0) is 103 Å². The third kappa shape index (κ3) is 5.24. The number of rotatable bonds is 6. The normalized spacial score (nSPS) is 11.5. The molecule has 2 heteroatoms. The van der Waals surface area contributed by atoms with Gasteiger partial charge in [0.1, 0.15) is 0 Å². The summed E-state index contributed by atoms with van der Waals surface area (Å²) in [7, 11) is 0. The van der Waals surface area contributed by atoms with Crippen LogP contribution in [-0.2, 0) is 0 Å². The van der Waals surface area contributed by atoms with Crippen molar-refractivity contribution in [2.24, 2.45) is 0 Å². The molecule has 10 aromatic rings. The Balaban J connectivity index is 1.10. The molecule has 0 amide bonds. The van der Waals surface area contributed by atoms with Gasteiger partial charge in [-0.1, -0.05) is 152 Å². The Morgan fingerprint density at radius 1 is 0.288 bits per heavy atom. The lowest BCUT2D eigenvalue weighted by atomic mass is 9.91. The lowest BCUT2D eigenvalue weighted by molar-refractivity contribution is 1.29. The molecule has 0 saturated carbocycles.